The van der Waals surface area contributed by atoms with E-state index >= 15 is 0 Å². The third-order valence-corrected chi connectivity index (χ3v) is 4.68. The molecule has 0 radical (unpaired) electrons. The maximum absolute atomic E-state index is 12.0. The van der Waals surface area contributed by atoms with Gasteiger partial charge in [0.15, 0.2) is 9.84 Å². The first-order valence-corrected chi connectivity index (χ1v) is 8.62. The fraction of sp³-hybridized carbons (Fsp3) is 0.167. The number of rotatable bonds is 3. The van der Waals surface area contributed by atoms with E-state index in [-0.39, 0.29) is 24.9 Å². The molecule has 0 amide bonds. The maximum Gasteiger partial charge on any atom is 0.339 e. The van der Waals surface area contributed by atoms with Crippen molar-refractivity contribution in [3.8, 4) is 0 Å². The summed E-state index contributed by atoms with van der Waals surface area (Å²) in [5, 5.41) is 0. The molecule has 0 bridgehead atoms. The molecule has 0 fully saturated rings. The summed E-state index contributed by atoms with van der Waals surface area (Å²) in [5.74, 6) is -0.353. The number of hydrogen-bond donors (Lipinski definition) is 0. The summed E-state index contributed by atoms with van der Waals surface area (Å²) in [6.07, 6.45) is 1.17. The average Bonchev–Trinajstić information content (AvgIpc) is 2.89. The third-order valence-electron chi connectivity index (χ3n) is 3.55. The van der Waals surface area contributed by atoms with Crippen molar-refractivity contribution in [2.24, 2.45) is 0 Å². The second-order valence-corrected chi connectivity index (χ2v) is 7.11. The lowest BCUT2D eigenvalue weighted by molar-refractivity contribution is -0.133. The van der Waals surface area contributed by atoms with Gasteiger partial charge in [-0.15, -0.1) is 0 Å². The highest BCUT2D eigenvalue weighted by Gasteiger charge is 2.27. The molecular weight excluding hydrogens is 312 g/mol. The minimum absolute atomic E-state index is 0. The summed E-state index contributed by atoms with van der Waals surface area (Å²) < 4.78 is 28.2. The first kappa shape index (κ1) is 17.0. The van der Waals surface area contributed by atoms with Crippen LogP contribution in [0.5, 0.6) is 0 Å². The predicted molar refractivity (Wildman–Crippen MR) is 90.5 cm³/mol. The van der Waals surface area contributed by atoms with Crippen molar-refractivity contribution in [3.05, 3.63) is 65.7 Å². The summed E-state index contributed by atoms with van der Waals surface area (Å²) >= 11 is 0. The molecule has 0 unspecified atom stereocenters. The molecule has 0 spiro atoms. The molecule has 5 heteroatoms. The minimum atomic E-state index is -3.23. The highest BCUT2D eigenvalue weighted by molar-refractivity contribution is 7.90. The lowest BCUT2D eigenvalue weighted by atomic mass is 9.97. The van der Waals surface area contributed by atoms with Crippen molar-refractivity contribution < 1.29 is 17.9 Å². The maximum atomic E-state index is 12.0. The monoisotopic (exact) mass is 330 g/mol. The van der Waals surface area contributed by atoms with E-state index in [1.165, 1.54) is 6.26 Å². The van der Waals surface area contributed by atoms with Crippen molar-refractivity contribution in [1.29, 1.82) is 0 Å². The minimum Gasteiger partial charge on any atom is -0.457 e. The molecule has 4 nitrogen and oxygen atoms in total. The van der Waals surface area contributed by atoms with Crippen molar-refractivity contribution in [1.82, 2.24) is 0 Å². The van der Waals surface area contributed by atoms with Crippen LogP contribution in [-0.2, 0) is 19.4 Å². The number of sulfone groups is 1. The standard InChI is InChI=1S/C17H14O4S.CH4/c1-22(19,20)14-9-7-12(8-10-14)15-11-21-17(18)16(15)13-5-3-2-4-6-13;/h2-10H,11H2,1H3;1H4. The molecule has 1 heterocycles. The molecule has 0 aliphatic carbocycles. The van der Waals surface area contributed by atoms with Crippen molar-refractivity contribution >= 4 is 27.0 Å². The van der Waals surface area contributed by atoms with Crippen LogP contribution in [0.2, 0.25) is 0 Å². The SMILES string of the molecule is C.CS(=O)(=O)c1ccc(C2=C(c3ccccc3)C(=O)OC2)cc1. The molecule has 0 saturated heterocycles. The zero-order valence-corrected chi connectivity index (χ0v) is 12.8. The molecule has 1 aliphatic heterocycles. The van der Waals surface area contributed by atoms with Gasteiger partial charge in [0.05, 0.1) is 10.5 Å². The highest BCUT2D eigenvalue weighted by atomic mass is 32.2. The van der Waals surface area contributed by atoms with Crippen LogP contribution in [0.25, 0.3) is 11.1 Å². The van der Waals surface area contributed by atoms with E-state index in [4.69, 9.17) is 4.74 Å². The van der Waals surface area contributed by atoms with E-state index in [9.17, 15) is 13.2 Å². The molecule has 1 aliphatic rings. The van der Waals surface area contributed by atoms with E-state index in [2.05, 4.69) is 0 Å². The van der Waals surface area contributed by atoms with E-state index < -0.39 is 9.84 Å². The Bertz CT molecular complexity index is 848. The van der Waals surface area contributed by atoms with Crippen LogP contribution >= 0.6 is 0 Å². The Balaban J connectivity index is 0.00000192. The molecule has 0 saturated carbocycles. The predicted octanol–water partition coefficient (Wildman–Crippen LogP) is 3.19. The smallest absolute Gasteiger partial charge is 0.339 e. The van der Waals surface area contributed by atoms with Crippen LogP contribution in [0.15, 0.2) is 59.5 Å². The Hall–Kier alpha value is -2.40. The van der Waals surface area contributed by atoms with E-state index in [0.29, 0.717) is 5.57 Å². The third kappa shape index (κ3) is 3.35. The first-order chi connectivity index (χ1) is 10.5. The fourth-order valence-corrected chi connectivity index (χ4v) is 3.06. The highest BCUT2D eigenvalue weighted by Crippen LogP contribution is 2.33. The van der Waals surface area contributed by atoms with Gasteiger partial charge in [-0.25, -0.2) is 13.2 Å². The van der Waals surface area contributed by atoms with Crippen LogP contribution < -0.4 is 0 Å². The van der Waals surface area contributed by atoms with Crippen LogP contribution in [0.3, 0.4) is 0 Å². The number of hydrogen-bond acceptors (Lipinski definition) is 4. The molecule has 2 aromatic rings. The first-order valence-electron chi connectivity index (χ1n) is 6.73. The number of esters is 1. The number of ether oxygens (including phenoxy) is 1. The second-order valence-electron chi connectivity index (χ2n) is 5.09. The lowest BCUT2D eigenvalue weighted by Gasteiger charge is -2.05. The van der Waals surface area contributed by atoms with Crippen molar-refractivity contribution in [2.75, 3.05) is 12.9 Å². The second kappa shape index (κ2) is 6.38. The van der Waals surface area contributed by atoms with Gasteiger partial charge < -0.3 is 4.74 Å². The van der Waals surface area contributed by atoms with E-state index in [1.807, 2.05) is 30.3 Å². The van der Waals surface area contributed by atoms with Crippen LogP contribution in [0.4, 0.5) is 0 Å². The molecule has 0 N–H and O–H groups in total. The zero-order chi connectivity index (χ0) is 15.7. The normalized spacial score (nSPS) is 14.4. The Morgan fingerprint density at radius 3 is 2.09 bits per heavy atom. The van der Waals surface area contributed by atoms with Crippen LogP contribution in [0.1, 0.15) is 18.6 Å². The number of benzene rings is 2. The van der Waals surface area contributed by atoms with Crippen LogP contribution in [0, 0.1) is 0 Å². The van der Waals surface area contributed by atoms with E-state index in [0.717, 1.165) is 16.7 Å². The Morgan fingerprint density at radius 2 is 1.52 bits per heavy atom. The quantitative estimate of drug-likeness (QED) is 0.811. The molecule has 0 aromatic heterocycles. The van der Waals surface area contributed by atoms with Crippen molar-refractivity contribution in [3.63, 3.8) is 0 Å². The molecule has 120 valence electrons. The number of carbonyl (C=O) groups excluding carboxylic acids is 1. The summed E-state index contributed by atoms with van der Waals surface area (Å²) in [4.78, 5) is 12.3. The molecular formula is C18H18O4S. The van der Waals surface area contributed by atoms with Gasteiger partial charge in [0.1, 0.15) is 6.61 Å². The number of cyclic esters (lactones) is 1. The summed E-state index contributed by atoms with van der Waals surface area (Å²) in [6.45, 7) is 0.196. The Kier molecular flexibility index (Phi) is 4.71. The average molecular weight is 330 g/mol. The van der Waals surface area contributed by atoms with Gasteiger partial charge in [0, 0.05) is 11.8 Å². The zero-order valence-electron chi connectivity index (χ0n) is 11.9. The van der Waals surface area contributed by atoms with Gasteiger partial charge in [0.25, 0.3) is 0 Å². The number of carbonyl (C=O) groups is 1. The molecule has 23 heavy (non-hydrogen) atoms. The van der Waals surface area contributed by atoms with Crippen LogP contribution in [-0.4, -0.2) is 27.2 Å². The Morgan fingerprint density at radius 1 is 0.913 bits per heavy atom. The van der Waals surface area contributed by atoms with Gasteiger partial charge >= 0.3 is 5.97 Å². The summed E-state index contributed by atoms with van der Waals surface area (Å²) in [5.41, 5.74) is 2.90. The van der Waals surface area contributed by atoms with E-state index in [1.54, 1.807) is 24.3 Å². The summed E-state index contributed by atoms with van der Waals surface area (Å²) in [7, 11) is -3.23. The molecule has 3 rings (SSSR count). The van der Waals surface area contributed by atoms with Gasteiger partial charge in [-0.2, -0.15) is 0 Å². The van der Waals surface area contributed by atoms with Gasteiger partial charge in [-0.05, 0) is 23.3 Å². The van der Waals surface area contributed by atoms with Gasteiger partial charge in [0.2, 0.25) is 0 Å². The lowest BCUT2D eigenvalue weighted by Crippen LogP contribution is -1.98. The van der Waals surface area contributed by atoms with Gasteiger partial charge in [-0.1, -0.05) is 49.9 Å². The molecule has 2 aromatic carbocycles. The Labute approximate surface area is 136 Å². The summed E-state index contributed by atoms with van der Waals surface area (Å²) in [6, 6.07) is 15.8. The fourth-order valence-electron chi connectivity index (χ4n) is 2.43. The molecule has 0 atom stereocenters. The topological polar surface area (TPSA) is 60.4 Å². The van der Waals surface area contributed by atoms with Crippen molar-refractivity contribution in [2.45, 2.75) is 12.3 Å². The largest absolute Gasteiger partial charge is 0.457 e. The van der Waals surface area contributed by atoms with Gasteiger partial charge in [-0.3, -0.25) is 0 Å².